The second kappa shape index (κ2) is 20.0. The Morgan fingerprint density at radius 3 is 2.04 bits per heavy atom. The summed E-state index contributed by atoms with van der Waals surface area (Å²) in [5, 5.41) is 37.9. The molecule has 1 amide bonds. The van der Waals surface area contributed by atoms with Crippen LogP contribution in [0.25, 0.3) is 17.0 Å². The highest BCUT2D eigenvalue weighted by Crippen LogP contribution is 2.30. The van der Waals surface area contributed by atoms with Crippen LogP contribution in [0, 0.1) is 13.8 Å². The maximum Gasteiger partial charge on any atom is 0.314 e. The van der Waals surface area contributed by atoms with E-state index in [1.165, 1.54) is 7.11 Å². The highest BCUT2D eigenvalue weighted by atomic mass is 16.5. The van der Waals surface area contributed by atoms with Crippen molar-refractivity contribution in [1.82, 2.24) is 20.3 Å². The Morgan fingerprint density at radius 2 is 1.49 bits per heavy atom. The molecule has 0 atom stereocenters. The van der Waals surface area contributed by atoms with E-state index >= 15 is 0 Å². The van der Waals surface area contributed by atoms with E-state index in [1.807, 2.05) is 74.5 Å². The number of aromatic nitrogens is 3. The van der Waals surface area contributed by atoms with Crippen molar-refractivity contribution in [3.05, 3.63) is 84.0 Å². The first kappa shape index (κ1) is 38.8. The van der Waals surface area contributed by atoms with Crippen LogP contribution < -0.4 is 15.4 Å². The number of hydrogen-bond acceptors (Lipinski definition) is 11. The molecule has 6 N–H and O–H groups in total. The van der Waals surface area contributed by atoms with Crippen molar-refractivity contribution in [3.63, 3.8) is 0 Å². The molecule has 16 nitrogen and oxygen atoms in total. The third-order valence-electron chi connectivity index (χ3n) is 5.82. The second-order valence-electron chi connectivity index (χ2n) is 9.91. The molecule has 16 heteroatoms. The Bertz CT molecular complexity index is 1740. The quantitative estimate of drug-likeness (QED) is 0.109. The minimum Gasteiger partial charge on any atom is -0.481 e. The lowest BCUT2D eigenvalue weighted by Crippen LogP contribution is -2.26. The predicted molar refractivity (Wildman–Crippen MR) is 177 cm³/mol. The largest absolute Gasteiger partial charge is 0.481 e. The molecule has 0 radical (unpaired) electrons. The van der Waals surface area contributed by atoms with E-state index in [0.29, 0.717) is 18.1 Å². The number of carbonyl (C=O) groups is 5. The number of nitrogens with one attached hydrogen (secondary N) is 2. The van der Waals surface area contributed by atoms with Gasteiger partial charge in [-0.05, 0) is 67.4 Å². The van der Waals surface area contributed by atoms with E-state index < -0.39 is 36.7 Å². The van der Waals surface area contributed by atoms with Crippen molar-refractivity contribution in [2.45, 2.75) is 26.7 Å². The van der Waals surface area contributed by atoms with Gasteiger partial charge in [0.2, 0.25) is 5.91 Å². The Labute approximate surface area is 280 Å². The highest BCUT2D eigenvalue weighted by Gasteiger charge is 2.08. The number of benzene rings is 2. The van der Waals surface area contributed by atoms with E-state index in [0.717, 1.165) is 39.2 Å². The van der Waals surface area contributed by atoms with E-state index in [2.05, 4.69) is 25.6 Å². The summed E-state index contributed by atoms with van der Waals surface area (Å²) in [4.78, 5) is 62.3. The van der Waals surface area contributed by atoms with Gasteiger partial charge in [0.25, 0.3) is 0 Å². The van der Waals surface area contributed by atoms with Gasteiger partial charge in [-0.3, -0.25) is 29.0 Å². The smallest absolute Gasteiger partial charge is 0.314 e. The van der Waals surface area contributed by atoms with Crippen molar-refractivity contribution >= 4 is 58.3 Å². The molecule has 0 unspecified atom stereocenters. The zero-order chi connectivity index (χ0) is 36.3. The average molecular weight is 678 g/mol. The summed E-state index contributed by atoms with van der Waals surface area (Å²) in [6, 6.07) is 15.6. The number of carboxylic acids is 4. The number of aryl methyl sites for hydroxylation is 2. The molecule has 0 spiro atoms. The van der Waals surface area contributed by atoms with Gasteiger partial charge in [0, 0.05) is 30.4 Å². The Hall–Kier alpha value is -6.42. The number of fused-ring (bicyclic) bond motifs is 1. The van der Waals surface area contributed by atoms with Gasteiger partial charge in [-0.15, -0.1) is 0 Å². The van der Waals surface area contributed by atoms with Crippen molar-refractivity contribution < 1.29 is 53.9 Å². The first-order valence-corrected chi connectivity index (χ1v) is 14.3. The fourth-order valence-corrected chi connectivity index (χ4v) is 3.71. The molecule has 2 aromatic carbocycles. The molecule has 0 fully saturated rings. The Morgan fingerprint density at radius 1 is 0.816 bits per heavy atom. The second-order valence-corrected chi connectivity index (χ2v) is 9.91. The number of nitrogens with zero attached hydrogens (tertiary/aromatic N) is 3. The molecule has 4 aromatic rings. The number of carbonyl (C=O) groups excluding carboxylic acids is 1. The van der Waals surface area contributed by atoms with Crippen LogP contribution in [-0.4, -0.2) is 85.4 Å². The predicted octanol–water partition coefficient (Wildman–Crippen LogP) is 4.04. The normalized spacial score (nSPS) is 10.2. The first-order chi connectivity index (χ1) is 23.3. The maximum absolute atomic E-state index is 11.5. The Balaban J connectivity index is 0.000000500. The molecule has 2 aromatic heterocycles. The highest BCUT2D eigenvalue weighted by molar-refractivity contribution is 5.92. The van der Waals surface area contributed by atoms with Crippen LogP contribution in [-0.2, 0) is 28.7 Å². The lowest BCUT2D eigenvalue weighted by molar-refractivity contribution is -0.149. The van der Waals surface area contributed by atoms with Crippen molar-refractivity contribution in [2.75, 3.05) is 25.6 Å². The average Bonchev–Trinajstić information content (AvgIpc) is 3.01. The number of rotatable bonds is 13. The van der Waals surface area contributed by atoms with Crippen LogP contribution in [0.2, 0.25) is 0 Å². The monoisotopic (exact) mass is 677 g/mol. The number of amides is 1. The lowest BCUT2D eigenvalue weighted by atomic mass is 10.1. The van der Waals surface area contributed by atoms with Crippen LogP contribution in [0.4, 0.5) is 11.5 Å². The number of carboxylic acid groups (broad SMARTS) is 4. The number of hydrogen-bond donors (Lipinski definition) is 6. The number of anilines is 2. The van der Waals surface area contributed by atoms with Gasteiger partial charge in [-0.2, -0.15) is 0 Å². The van der Waals surface area contributed by atoms with Crippen molar-refractivity contribution in [3.8, 4) is 11.5 Å². The van der Waals surface area contributed by atoms with E-state index in [4.69, 9.17) is 29.9 Å². The molecule has 2 heterocycles. The van der Waals surface area contributed by atoms with Crippen LogP contribution in [0.15, 0.2) is 67.1 Å². The van der Waals surface area contributed by atoms with Gasteiger partial charge in [0.1, 0.15) is 43.1 Å². The standard InChI is InChI=1S/C27H27N5O3.2C3H4O4/c1-18-13-21(8-11-25(18)35-22-9-6-19(2)29-15-22)32-27-23-14-20(7-10-24(23)30-17-31-27)5-4-12-28-26(33)16-34-3;2*4-2(5)1-3(6)7/h4-11,13-15,17H,12,16H2,1-3H3,(H,28,33)(H,30,31,32);2*1H2,(H,4,5)(H,6,7)/b5-4+;;. The summed E-state index contributed by atoms with van der Waals surface area (Å²) >= 11 is 0. The zero-order valence-corrected chi connectivity index (χ0v) is 26.7. The molecule has 0 aliphatic rings. The number of methoxy groups -OCH3 is 1. The number of aliphatic carboxylic acids is 4. The molecule has 0 bridgehead atoms. The van der Waals surface area contributed by atoms with Crippen LogP contribution in [0.3, 0.4) is 0 Å². The van der Waals surface area contributed by atoms with Crippen molar-refractivity contribution in [2.24, 2.45) is 0 Å². The summed E-state index contributed by atoms with van der Waals surface area (Å²) in [7, 11) is 1.49. The van der Waals surface area contributed by atoms with Crippen LogP contribution >= 0.6 is 0 Å². The van der Waals surface area contributed by atoms with Gasteiger partial charge in [-0.25, -0.2) is 9.97 Å². The van der Waals surface area contributed by atoms with E-state index in [9.17, 15) is 24.0 Å². The summed E-state index contributed by atoms with van der Waals surface area (Å²) in [5.74, 6) is -3.24. The molecule has 49 heavy (non-hydrogen) atoms. The third-order valence-corrected chi connectivity index (χ3v) is 5.82. The summed E-state index contributed by atoms with van der Waals surface area (Å²) in [6.07, 6.45) is 5.48. The maximum atomic E-state index is 11.5. The summed E-state index contributed by atoms with van der Waals surface area (Å²) < 4.78 is 10.8. The van der Waals surface area contributed by atoms with Crippen LogP contribution in [0.1, 0.15) is 29.7 Å². The number of ether oxygens (including phenoxy) is 2. The third kappa shape index (κ3) is 15.1. The van der Waals surface area contributed by atoms with Gasteiger partial charge in [0.15, 0.2) is 0 Å². The molecule has 258 valence electrons. The minimum absolute atomic E-state index is 0.0475. The van der Waals surface area contributed by atoms with Gasteiger partial charge >= 0.3 is 23.9 Å². The van der Waals surface area contributed by atoms with E-state index in [1.54, 1.807) is 12.5 Å². The lowest BCUT2D eigenvalue weighted by Gasteiger charge is -2.12. The molecule has 0 aliphatic carbocycles. The van der Waals surface area contributed by atoms with Crippen molar-refractivity contribution in [1.29, 1.82) is 0 Å². The van der Waals surface area contributed by atoms with E-state index in [-0.39, 0.29) is 12.5 Å². The molecule has 0 saturated carbocycles. The minimum atomic E-state index is -1.31. The first-order valence-electron chi connectivity index (χ1n) is 14.3. The molecule has 0 saturated heterocycles. The Kier molecular flexibility index (Phi) is 15.8. The zero-order valence-electron chi connectivity index (χ0n) is 26.7. The molecular formula is C33H35N5O11. The molecule has 0 aliphatic heterocycles. The summed E-state index contributed by atoms with van der Waals surface area (Å²) in [5.41, 5.74) is 4.62. The molecular weight excluding hydrogens is 642 g/mol. The van der Waals surface area contributed by atoms with Gasteiger partial charge < -0.3 is 40.5 Å². The fraction of sp³-hybridized carbons (Fsp3) is 0.212. The van der Waals surface area contributed by atoms with Gasteiger partial charge in [-0.1, -0.05) is 18.2 Å². The summed E-state index contributed by atoms with van der Waals surface area (Å²) in [6.45, 7) is 4.40. The number of pyridine rings is 1. The van der Waals surface area contributed by atoms with Gasteiger partial charge in [0.05, 0.1) is 11.7 Å². The van der Waals surface area contributed by atoms with Crippen LogP contribution in [0.5, 0.6) is 11.5 Å². The fourth-order valence-electron chi connectivity index (χ4n) is 3.71. The topological polar surface area (TPSA) is 247 Å². The molecule has 4 rings (SSSR count). The SMILES string of the molecule is COCC(=O)NC/C=C/c1ccc2ncnc(Nc3ccc(Oc4ccc(C)nc4)c(C)c3)c2c1.O=C(O)CC(=O)O.O=C(O)CC(=O)O.